The first-order chi connectivity index (χ1) is 6.50. The molecule has 0 aliphatic heterocycles. The molecule has 0 bridgehead atoms. The van der Waals surface area contributed by atoms with Crippen molar-refractivity contribution in [3.8, 4) is 5.75 Å². The molecule has 0 aliphatic rings. The molecule has 0 saturated carbocycles. The summed E-state index contributed by atoms with van der Waals surface area (Å²) < 4.78 is 5.08. The Bertz CT molecular complexity index is 360. The minimum absolute atomic E-state index is 0.164. The SMILES string of the molecule is CC(Oc1csc(C(=O)O)c1)C(N)=O. The van der Waals surface area contributed by atoms with Crippen LogP contribution in [0.1, 0.15) is 16.6 Å². The lowest BCUT2D eigenvalue weighted by Gasteiger charge is -2.08. The summed E-state index contributed by atoms with van der Waals surface area (Å²) in [5.41, 5.74) is 4.97. The maximum atomic E-state index is 10.6. The first kappa shape index (κ1) is 10.5. The predicted molar refractivity (Wildman–Crippen MR) is 50.6 cm³/mol. The zero-order chi connectivity index (χ0) is 10.7. The van der Waals surface area contributed by atoms with Crippen LogP contribution in [0.15, 0.2) is 11.4 Å². The third-order valence-electron chi connectivity index (χ3n) is 1.50. The highest BCUT2D eigenvalue weighted by Crippen LogP contribution is 2.22. The fraction of sp³-hybridized carbons (Fsp3) is 0.250. The van der Waals surface area contributed by atoms with Crippen LogP contribution in [0.2, 0.25) is 0 Å². The van der Waals surface area contributed by atoms with Gasteiger partial charge in [-0.15, -0.1) is 11.3 Å². The normalized spacial score (nSPS) is 12.1. The van der Waals surface area contributed by atoms with Gasteiger partial charge >= 0.3 is 5.97 Å². The lowest BCUT2D eigenvalue weighted by atomic mass is 10.4. The van der Waals surface area contributed by atoms with E-state index in [1.54, 1.807) is 0 Å². The summed E-state index contributed by atoms with van der Waals surface area (Å²) in [4.78, 5) is 21.3. The molecule has 1 aromatic heterocycles. The minimum atomic E-state index is -1.02. The number of hydrogen-bond acceptors (Lipinski definition) is 4. The van der Waals surface area contributed by atoms with Crippen molar-refractivity contribution in [2.45, 2.75) is 13.0 Å². The third kappa shape index (κ3) is 2.46. The quantitative estimate of drug-likeness (QED) is 0.773. The van der Waals surface area contributed by atoms with Gasteiger partial charge in [0.1, 0.15) is 10.6 Å². The van der Waals surface area contributed by atoms with E-state index in [2.05, 4.69) is 0 Å². The van der Waals surface area contributed by atoms with Crippen LogP contribution in [0.5, 0.6) is 5.75 Å². The van der Waals surface area contributed by atoms with Gasteiger partial charge in [-0.25, -0.2) is 4.79 Å². The first-order valence-corrected chi connectivity index (χ1v) is 4.66. The summed E-state index contributed by atoms with van der Waals surface area (Å²) in [7, 11) is 0. The molecule has 5 nitrogen and oxygen atoms in total. The van der Waals surface area contributed by atoms with Gasteiger partial charge in [-0.1, -0.05) is 0 Å². The van der Waals surface area contributed by atoms with E-state index in [1.807, 2.05) is 0 Å². The second kappa shape index (κ2) is 4.10. The first-order valence-electron chi connectivity index (χ1n) is 3.78. The van der Waals surface area contributed by atoms with Crippen molar-refractivity contribution in [2.24, 2.45) is 5.73 Å². The zero-order valence-corrected chi connectivity index (χ0v) is 8.21. The molecule has 0 fully saturated rings. The average molecular weight is 215 g/mol. The fourth-order valence-corrected chi connectivity index (χ4v) is 1.41. The molecule has 0 aliphatic carbocycles. The molecule has 1 rings (SSSR count). The number of carboxylic acid groups (broad SMARTS) is 1. The highest BCUT2D eigenvalue weighted by Gasteiger charge is 2.13. The van der Waals surface area contributed by atoms with Gasteiger partial charge in [-0.3, -0.25) is 4.79 Å². The van der Waals surface area contributed by atoms with Crippen molar-refractivity contribution in [1.29, 1.82) is 0 Å². The van der Waals surface area contributed by atoms with E-state index in [-0.39, 0.29) is 4.88 Å². The second-order valence-electron chi connectivity index (χ2n) is 2.61. The van der Waals surface area contributed by atoms with Crippen LogP contribution in [-0.2, 0) is 4.79 Å². The third-order valence-corrected chi connectivity index (χ3v) is 2.40. The van der Waals surface area contributed by atoms with Crippen LogP contribution in [0.25, 0.3) is 0 Å². The Labute approximate surface area is 84.1 Å². The van der Waals surface area contributed by atoms with Crippen molar-refractivity contribution >= 4 is 23.2 Å². The molecule has 1 unspecified atom stereocenters. The molecule has 76 valence electrons. The van der Waals surface area contributed by atoms with Crippen molar-refractivity contribution in [3.05, 3.63) is 16.3 Å². The lowest BCUT2D eigenvalue weighted by Crippen LogP contribution is -2.30. The van der Waals surface area contributed by atoms with Gasteiger partial charge in [-0.05, 0) is 6.92 Å². The number of hydrogen-bond donors (Lipinski definition) is 2. The molecule has 0 aromatic carbocycles. The number of thiophene rings is 1. The number of nitrogens with two attached hydrogens (primary N) is 1. The summed E-state index contributed by atoms with van der Waals surface area (Å²) in [6.45, 7) is 1.50. The number of aromatic carboxylic acids is 1. The monoisotopic (exact) mass is 215 g/mol. The molecule has 1 atom stereocenters. The smallest absolute Gasteiger partial charge is 0.346 e. The maximum Gasteiger partial charge on any atom is 0.346 e. The summed E-state index contributed by atoms with van der Waals surface area (Å²) in [5, 5.41) is 10.1. The zero-order valence-electron chi connectivity index (χ0n) is 7.39. The van der Waals surface area contributed by atoms with Gasteiger partial charge in [0.15, 0.2) is 6.10 Å². The highest BCUT2D eigenvalue weighted by atomic mass is 32.1. The summed E-state index contributed by atoms with van der Waals surface area (Å²) in [6.07, 6.45) is -0.758. The molecular weight excluding hydrogens is 206 g/mol. The number of carbonyl (C=O) groups excluding carboxylic acids is 1. The Morgan fingerprint density at radius 2 is 2.29 bits per heavy atom. The Morgan fingerprint density at radius 1 is 1.64 bits per heavy atom. The van der Waals surface area contributed by atoms with Gasteiger partial charge in [0.25, 0.3) is 5.91 Å². The number of amides is 1. The van der Waals surface area contributed by atoms with Crippen molar-refractivity contribution in [1.82, 2.24) is 0 Å². The van der Waals surface area contributed by atoms with Crippen LogP contribution in [0.3, 0.4) is 0 Å². The summed E-state index contributed by atoms with van der Waals surface area (Å²) in [6, 6.07) is 1.35. The van der Waals surface area contributed by atoms with E-state index in [0.29, 0.717) is 5.75 Å². The van der Waals surface area contributed by atoms with Crippen molar-refractivity contribution < 1.29 is 19.4 Å². The van der Waals surface area contributed by atoms with E-state index < -0.39 is 18.0 Å². The Hall–Kier alpha value is -1.56. The van der Waals surface area contributed by atoms with Gasteiger partial charge in [0.2, 0.25) is 0 Å². The van der Waals surface area contributed by atoms with E-state index in [0.717, 1.165) is 11.3 Å². The molecule has 6 heteroatoms. The average Bonchev–Trinajstić information content (AvgIpc) is 2.52. The Kier molecular flexibility index (Phi) is 3.08. The topological polar surface area (TPSA) is 89.6 Å². The largest absolute Gasteiger partial charge is 0.480 e. The van der Waals surface area contributed by atoms with Gasteiger partial charge in [0, 0.05) is 11.4 Å². The van der Waals surface area contributed by atoms with Crippen molar-refractivity contribution in [3.63, 3.8) is 0 Å². The summed E-state index contributed by atoms with van der Waals surface area (Å²) in [5.74, 6) is -1.26. The van der Waals surface area contributed by atoms with E-state index in [4.69, 9.17) is 15.6 Å². The summed E-state index contributed by atoms with van der Waals surface area (Å²) >= 11 is 1.03. The van der Waals surface area contributed by atoms with Gasteiger partial charge in [0.05, 0.1) is 0 Å². The number of carbonyl (C=O) groups is 2. The number of carboxylic acids is 1. The van der Waals surface area contributed by atoms with E-state index >= 15 is 0 Å². The Morgan fingerprint density at radius 3 is 2.71 bits per heavy atom. The second-order valence-corrected chi connectivity index (χ2v) is 3.53. The van der Waals surface area contributed by atoms with Gasteiger partial charge in [-0.2, -0.15) is 0 Å². The molecule has 0 spiro atoms. The molecule has 14 heavy (non-hydrogen) atoms. The molecule has 1 amide bonds. The fourth-order valence-electron chi connectivity index (χ4n) is 0.755. The molecule has 0 saturated heterocycles. The molecule has 1 heterocycles. The lowest BCUT2D eigenvalue weighted by molar-refractivity contribution is -0.123. The number of primary amides is 1. The van der Waals surface area contributed by atoms with Crippen LogP contribution in [0.4, 0.5) is 0 Å². The molecular formula is C8H9NO4S. The van der Waals surface area contributed by atoms with Gasteiger partial charge < -0.3 is 15.6 Å². The van der Waals surface area contributed by atoms with Crippen LogP contribution < -0.4 is 10.5 Å². The van der Waals surface area contributed by atoms with Crippen LogP contribution in [-0.4, -0.2) is 23.1 Å². The van der Waals surface area contributed by atoms with Crippen LogP contribution in [0, 0.1) is 0 Å². The standard InChI is InChI=1S/C8H9NO4S/c1-4(7(9)10)13-5-2-6(8(11)12)14-3-5/h2-4H,1H3,(H2,9,10)(H,11,12). The highest BCUT2D eigenvalue weighted by molar-refractivity contribution is 7.12. The Balaban J connectivity index is 2.69. The van der Waals surface area contributed by atoms with Crippen LogP contribution >= 0.6 is 11.3 Å². The van der Waals surface area contributed by atoms with E-state index in [1.165, 1.54) is 18.4 Å². The maximum absolute atomic E-state index is 10.6. The minimum Gasteiger partial charge on any atom is -0.480 e. The number of rotatable bonds is 4. The van der Waals surface area contributed by atoms with Crippen molar-refractivity contribution in [2.75, 3.05) is 0 Å². The predicted octanol–water partition coefficient (Wildman–Crippen LogP) is 0.699. The molecule has 0 radical (unpaired) electrons. The molecule has 3 N–H and O–H groups in total. The number of ether oxygens (including phenoxy) is 1. The van der Waals surface area contributed by atoms with E-state index in [9.17, 15) is 9.59 Å². The molecule has 1 aromatic rings.